The number of benzene rings is 1. The maximum Gasteiger partial charge on any atom is 0.338 e. The summed E-state index contributed by atoms with van der Waals surface area (Å²) < 4.78 is 90.1. The molecule has 0 saturated heterocycles. The van der Waals surface area contributed by atoms with E-state index in [1.165, 1.54) is 13.8 Å². The van der Waals surface area contributed by atoms with E-state index in [2.05, 4.69) is 4.98 Å². The summed E-state index contributed by atoms with van der Waals surface area (Å²) in [7, 11) is -14.4. The lowest BCUT2D eigenvalue weighted by molar-refractivity contribution is 0.0692. The summed E-state index contributed by atoms with van der Waals surface area (Å²) in [6.07, 6.45) is 0. The minimum Gasteiger partial charge on any atom is -0.478 e. The van der Waals surface area contributed by atoms with Crippen molar-refractivity contribution in [3.05, 3.63) is 41.2 Å². The molecule has 3 N–H and O–H groups in total. The van der Waals surface area contributed by atoms with Crippen LogP contribution in [0.2, 0.25) is 0 Å². The van der Waals surface area contributed by atoms with Gasteiger partial charge in [-0.1, -0.05) is 19.4 Å². The van der Waals surface area contributed by atoms with Gasteiger partial charge in [-0.2, -0.15) is 0 Å². The number of carboxylic acid groups (broad SMARTS) is 1. The van der Waals surface area contributed by atoms with Crippen molar-refractivity contribution >= 4 is 31.9 Å². The van der Waals surface area contributed by atoms with Gasteiger partial charge in [0.2, 0.25) is 0 Å². The highest BCUT2D eigenvalue weighted by molar-refractivity contribution is 8.45. The van der Waals surface area contributed by atoms with Gasteiger partial charge >= 0.3 is 16.2 Å². The van der Waals surface area contributed by atoms with Crippen molar-refractivity contribution in [1.29, 1.82) is 0 Å². The molecule has 0 aliphatic carbocycles. The van der Waals surface area contributed by atoms with Crippen LogP contribution in [0.15, 0.2) is 34.1 Å². The Balaban J connectivity index is 2.46. The molecule has 1 aromatic carbocycles. The molecule has 0 fully saturated rings. The minimum absolute atomic E-state index is 0.00368. The maximum absolute atomic E-state index is 12.7. The van der Waals surface area contributed by atoms with Crippen LogP contribution in [0, 0.1) is 13.8 Å². The number of sulfonamides is 1. The second-order valence-electron chi connectivity index (χ2n) is 5.48. The Morgan fingerprint density at radius 3 is 1.96 bits per heavy atom. The molecule has 2 aromatic rings. The van der Waals surface area contributed by atoms with Crippen LogP contribution in [-0.2, 0) is 10.0 Å². The first-order valence-corrected chi connectivity index (χ1v) is 10.2. The lowest BCUT2D eigenvalue weighted by atomic mass is 10.2. The van der Waals surface area contributed by atoms with E-state index >= 15 is 0 Å². The second kappa shape index (κ2) is 5.13. The molecule has 13 heteroatoms. The predicted molar refractivity (Wildman–Crippen MR) is 85.9 cm³/mol. The number of anilines is 1. The molecular weight excluding hydrogens is 407 g/mol. The molecule has 0 atom stereocenters. The minimum atomic E-state index is -9.88. The smallest absolute Gasteiger partial charge is 0.338 e. The van der Waals surface area contributed by atoms with Crippen LogP contribution in [0.5, 0.6) is 0 Å². The Morgan fingerprint density at radius 2 is 1.54 bits per heavy atom. The van der Waals surface area contributed by atoms with E-state index in [0.717, 1.165) is 0 Å². The second-order valence-corrected chi connectivity index (χ2v) is 9.51. The van der Waals surface area contributed by atoms with Gasteiger partial charge in [-0.05, 0) is 38.1 Å². The first-order valence-electron chi connectivity index (χ1n) is 6.72. The molecule has 1 heterocycles. The summed E-state index contributed by atoms with van der Waals surface area (Å²) >= 11 is 0. The largest absolute Gasteiger partial charge is 0.478 e. The summed E-state index contributed by atoms with van der Waals surface area (Å²) in [6.45, 7) is 2.63. The number of carbonyl (C=O) groups is 1. The number of rotatable bonds is 5. The average molecular weight is 420 g/mol. The summed E-state index contributed by atoms with van der Waals surface area (Å²) in [4.78, 5) is 11.0. The van der Waals surface area contributed by atoms with Crippen molar-refractivity contribution in [2.45, 2.75) is 23.6 Å². The van der Waals surface area contributed by atoms with E-state index in [-0.39, 0.29) is 23.5 Å². The van der Waals surface area contributed by atoms with Gasteiger partial charge in [0.1, 0.15) is 15.4 Å². The van der Waals surface area contributed by atoms with Gasteiger partial charge in [0.15, 0.2) is 0 Å². The number of aromatic amines is 1. The van der Waals surface area contributed by atoms with Crippen LogP contribution >= 0.6 is 10.2 Å². The Kier molecular flexibility index (Phi) is 3.95. The molecule has 26 heavy (non-hydrogen) atoms. The highest BCUT2D eigenvalue weighted by Crippen LogP contribution is 3.02. The van der Waals surface area contributed by atoms with Crippen LogP contribution in [0.4, 0.5) is 25.1 Å². The first kappa shape index (κ1) is 20.0. The first-order chi connectivity index (χ1) is 11.4. The third kappa shape index (κ3) is 3.93. The Morgan fingerprint density at radius 1 is 1.04 bits per heavy atom. The quantitative estimate of drug-likeness (QED) is 0.606. The topological polar surface area (TPSA) is 99.3 Å². The normalized spacial score (nSPS) is 15.2. The summed E-state index contributed by atoms with van der Waals surface area (Å²) in [5.74, 6) is -1.52. The summed E-state index contributed by atoms with van der Waals surface area (Å²) in [6, 6.07) is 1.12. The highest BCUT2D eigenvalue weighted by atomic mass is 32.5. The molecule has 146 valence electrons. The number of aromatic nitrogens is 1. The predicted octanol–water partition coefficient (Wildman–Crippen LogP) is 4.79. The number of nitrogens with one attached hydrogen (secondary N) is 2. The number of carboxylic acids is 1. The molecule has 1 aromatic heterocycles. The van der Waals surface area contributed by atoms with Crippen LogP contribution in [0.25, 0.3) is 0 Å². The van der Waals surface area contributed by atoms with Gasteiger partial charge < -0.3 is 10.1 Å². The molecule has 0 amide bonds. The Bertz CT molecular complexity index is 997. The molecule has 6 nitrogen and oxygen atoms in total. The number of hydrogen-bond donors (Lipinski definition) is 3. The zero-order chi connectivity index (χ0) is 20.2. The maximum atomic E-state index is 12.7. The highest BCUT2D eigenvalue weighted by Gasteiger charge is 2.65. The van der Waals surface area contributed by atoms with E-state index in [1.807, 2.05) is 4.72 Å². The fraction of sp³-hybridized carbons (Fsp3) is 0.154. The van der Waals surface area contributed by atoms with Crippen molar-refractivity contribution in [2.24, 2.45) is 0 Å². The van der Waals surface area contributed by atoms with Crippen molar-refractivity contribution in [3.63, 3.8) is 0 Å². The molecule has 0 aliphatic heterocycles. The molecular formula is C13H13F5N2O4S2. The summed E-state index contributed by atoms with van der Waals surface area (Å²) in [5.41, 5.74) is -0.911. The molecule has 0 bridgehead atoms. The lowest BCUT2D eigenvalue weighted by Crippen LogP contribution is -2.17. The van der Waals surface area contributed by atoms with E-state index in [9.17, 15) is 32.6 Å². The third-order valence-electron chi connectivity index (χ3n) is 3.35. The summed E-state index contributed by atoms with van der Waals surface area (Å²) in [5, 5.41) is 9.16. The standard InChI is InChI=1S/C13H13F5N2O4S2/c1-7-11(13(21)22)12(8(2)19-7)25(23,24)20-9-3-5-10(6-4-9)26(14,15,16,17)18/h3-6,19-20H,1-2H3,(H,21,22). The van der Waals surface area contributed by atoms with Gasteiger partial charge in [0.25, 0.3) is 10.0 Å². The number of hydrogen-bond acceptors (Lipinski definition) is 3. The average Bonchev–Trinajstić information content (AvgIpc) is 2.71. The van der Waals surface area contributed by atoms with E-state index in [1.54, 1.807) is 0 Å². The van der Waals surface area contributed by atoms with Gasteiger partial charge in [-0.3, -0.25) is 4.72 Å². The number of aromatic carboxylic acids is 1. The fourth-order valence-electron chi connectivity index (χ4n) is 2.34. The van der Waals surface area contributed by atoms with Crippen LogP contribution in [-0.4, -0.2) is 24.5 Å². The number of aryl methyl sites for hydroxylation is 2. The van der Waals surface area contributed by atoms with Gasteiger partial charge in [-0.25, -0.2) is 13.2 Å². The third-order valence-corrected chi connectivity index (χ3v) is 6.07. The van der Waals surface area contributed by atoms with Crippen LogP contribution in [0.3, 0.4) is 0 Å². The monoisotopic (exact) mass is 420 g/mol. The molecule has 0 saturated carbocycles. The van der Waals surface area contributed by atoms with Crippen molar-refractivity contribution in [2.75, 3.05) is 4.72 Å². The molecule has 0 unspecified atom stereocenters. The molecule has 0 radical (unpaired) electrons. The van der Waals surface area contributed by atoms with Crippen molar-refractivity contribution in [3.8, 4) is 0 Å². The van der Waals surface area contributed by atoms with E-state index in [0.29, 0.717) is 12.1 Å². The van der Waals surface area contributed by atoms with Gasteiger partial charge in [0.05, 0.1) is 0 Å². The molecule has 0 aliphatic rings. The van der Waals surface area contributed by atoms with Gasteiger partial charge in [-0.15, -0.1) is 0 Å². The van der Waals surface area contributed by atoms with Crippen LogP contribution < -0.4 is 4.72 Å². The Labute approximate surface area is 144 Å². The zero-order valence-corrected chi connectivity index (χ0v) is 14.8. The van der Waals surface area contributed by atoms with E-state index in [4.69, 9.17) is 5.11 Å². The Hall–Kier alpha value is -2.28. The SMILES string of the molecule is Cc1[nH]c(C)c(S(=O)(=O)Nc2ccc(S(F)(F)(F)(F)F)cc2)c1C(=O)O. The fourth-order valence-corrected chi connectivity index (χ4v) is 4.50. The lowest BCUT2D eigenvalue weighted by Gasteiger charge is -2.40. The van der Waals surface area contributed by atoms with E-state index < -0.39 is 47.3 Å². The molecule has 0 spiro atoms. The van der Waals surface area contributed by atoms with Crippen molar-refractivity contribution in [1.82, 2.24) is 4.98 Å². The number of halogens is 5. The van der Waals surface area contributed by atoms with Crippen LogP contribution in [0.1, 0.15) is 21.7 Å². The number of H-pyrrole nitrogens is 1. The van der Waals surface area contributed by atoms with Crippen molar-refractivity contribution < 1.29 is 37.7 Å². The zero-order valence-electron chi connectivity index (χ0n) is 13.2. The molecule has 2 rings (SSSR count). The van der Waals surface area contributed by atoms with Gasteiger partial charge in [0, 0.05) is 17.1 Å².